The molecular weight excluding hydrogens is 322 g/mol. The quantitative estimate of drug-likeness (QED) is 0.813. The molecule has 1 heterocycles. The van der Waals surface area contributed by atoms with Crippen LogP contribution in [0.15, 0.2) is 18.2 Å². The van der Waals surface area contributed by atoms with Crippen molar-refractivity contribution >= 4 is 5.91 Å². The Kier molecular flexibility index (Phi) is 3.29. The van der Waals surface area contributed by atoms with Gasteiger partial charge in [0.15, 0.2) is 0 Å². The molecular formula is C23H29NO2. The Balaban J connectivity index is 1.29. The van der Waals surface area contributed by atoms with E-state index in [2.05, 4.69) is 23.1 Å². The molecule has 1 saturated heterocycles. The molecule has 0 N–H and O–H groups in total. The normalized spacial score (nSPS) is 42.7. The van der Waals surface area contributed by atoms with Crippen LogP contribution in [-0.2, 0) is 17.6 Å². The summed E-state index contributed by atoms with van der Waals surface area (Å²) in [6.07, 6.45) is 8.98. The van der Waals surface area contributed by atoms with Crippen LogP contribution in [0.2, 0.25) is 0 Å². The maximum absolute atomic E-state index is 13.4. The smallest absolute Gasteiger partial charge is 0.226 e. The van der Waals surface area contributed by atoms with Crippen LogP contribution in [0.4, 0.5) is 0 Å². The van der Waals surface area contributed by atoms with Gasteiger partial charge in [-0.2, -0.15) is 0 Å². The molecule has 5 fully saturated rings. The predicted octanol–water partition coefficient (Wildman–Crippen LogP) is 3.69. The van der Waals surface area contributed by atoms with Crippen LogP contribution in [0.25, 0.3) is 0 Å². The van der Waals surface area contributed by atoms with Gasteiger partial charge in [-0.3, -0.25) is 4.79 Å². The minimum Gasteiger partial charge on any atom is -0.496 e. The first-order chi connectivity index (χ1) is 12.7. The number of hydrogen-bond acceptors (Lipinski definition) is 2. The maximum Gasteiger partial charge on any atom is 0.226 e. The number of carbonyl (C=O) groups excluding carboxylic acids is 1. The molecule has 4 saturated carbocycles. The highest BCUT2D eigenvalue weighted by Gasteiger charge is 2.54. The van der Waals surface area contributed by atoms with E-state index in [1.165, 1.54) is 43.2 Å². The Labute approximate surface area is 156 Å². The summed E-state index contributed by atoms with van der Waals surface area (Å²) in [5, 5.41) is 0. The van der Waals surface area contributed by atoms with E-state index in [0.29, 0.717) is 17.9 Å². The van der Waals surface area contributed by atoms with Gasteiger partial charge in [-0.1, -0.05) is 12.1 Å². The second-order valence-corrected chi connectivity index (χ2v) is 9.78. The van der Waals surface area contributed by atoms with Crippen molar-refractivity contribution in [1.29, 1.82) is 0 Å². The number of nitrogens with zero attached hydrogens (tertiary/aromatic N) is 1. The van der Waals surface area contributed by atoms with Gasteiger partial charge in [0, 0.05) is 18.5 Å². The summed E-state index contributed by atoms with van der Waals surface area (Å²) in [6.45, 7) is 0.994. The van der Waals surface area contributed by atoms with E-state index in [4.69, 9.17) is 4.74 Å². The molecule has 138 valence electrons. The van der Waals surface area contributed by atoms with E-state index in [0.717, 1.165) is 48.8 Å². The van der Waals surface area contributed by atoms with Gasteiger partial charge in [-0.05, 0) is 91.7 Å². The minimum absolute atomic E-state index is 0.215. The molecule has 1 aromatic carbocycles. The third-order valence-electron chi connectivity index (χ3n) is 8.49. The summed E-state index contributed by atoms with van der Waals surface area (Å²) in [5.41, 5.74) is 2.70. The van der Waals surface area contributed by atoms with Crippen LogP contribution in [0, 0.1) is 35.5 Å². The van der Waals surface area contributed by atoms with Gasteiger partial charge >= 0.3 is 0 Å². The number of fused-ring (bicyclic) bond motifs is 2. The van der Waals surface area contributed by atoms with E-state index in [-0.39, 0.29) is 5.92 Å². The molecule has 0 spiro atoms. The Morgan fingerprint density at radius 1 is 0.962 bits per heavy atom. The van der Waals surface area contributed by atoms with E-state index in [1.807, 2.05) is 0 Å². The fourth-order valence-electron chi connectivity index (χ4n) is 7.74. The third kappa shape index (κ3) is 2.09. The van der Waals surface area contributed by atoms with Crippen LogP contribution in [0.5, 0.6) is 5.75 Å². The molecule has 6 aliphatic rings. The van der Waals surface area contributed by atoms with Crippen molar-refractivity contribution in [2.24, 2.45) is 35.5 Å². The Bertz CT molecular complexity index is 729. The Morgan fingerprint density at radius 2 is 1.69 bits per heavy atom. The Hall–Kier alpha value is -1.51. The van der Waals surface area contributed by atoms with Gasteiger partial charge in [0.25, 0.3) is 0 Å². The van der Waals surface area contributed by atoms with Gasteiger partial charge in [0.2, 0.25) is 5.91 Å². The van der Waals surface area contributed by atoms with Gasteiger partial charge in [-0.25, -0.2) is 0 Å². The van der Waals surface area contributed by atoms with Crippen molar-refractivity contribution in [3.63, 3.8) is 0 Å². The van der Waals surface area contributed by atoms with E-state index in [9.17, 15) is 4.79 Å². The molecule has 0 radical (unpaired) electrons. The lowest BCUT2D eigenvalue weighted by atomic mass is 9.54. The molecule has 3 heteroatoms. The predicted molar refractivity (Wildman–Crippen MR) is 99.9 cm³/mol. The highest BCUT2D eigenvalue weighted by atomic mass is 16.5. The monoisotopic (exact) mass is 351 g/mol. The van der Waals surface area contributed by atoms with Crippen molar-refractivity contribution in [2.45, 2.75) is 51.0 Å². The number of likely N-dealkylation sites (tertiary alicyclic amines) is 1. The van der Waals surface area contributed by atoms with E-state index >= 15 is 0 Å². The third-order valence-corrected chi connectivity index (χ3v) is 8.49. The number of benzene rings is 1. The molecule has 1 amide bonds. The average Bonchev–Trinajstić information content (AvgIpc) is 2.94. The molecule has 4 bridgehead atoms. The zero-order chi connectivity index (χ0) is 17.4. The molecule has 3 nitrogen and oxygen atoms in total. The summed E-state index contributed by atoms with van der Waals surface area (Å²) >= 11 is 0. The average molecular weight is 351 g/mol. The van der Waals surface area contributed by atoms with Crippen LogP contribution in [0.1, 0.15) is 43.2 Å². The summed E-state index contributed by atoms with van der Waals surface area (Å²) in [7, 11) is 1.77. The SMILES string of the molecule is COc1cccc2c1CC1CN(C3C4CC5CC(C4)CC3C5)C(=O)C1C2. The van der Waals surface area contributed by atoms with E-state index in [1.54, 1.807) is 7.11 Å². The zero-order valence-corrected chi connectivity index (χ0v) is 15.7. The number of carbonyl (C=O) groups is 1. The van der Waals surface area contributed by atoms with Gasteiger partial charge in [0.05, 0.1) is 7.11 Å². The van der Waals surface area contributed by atoms with Crippen molar-refractivity contribution < 1.29 is 9.53 Å². The van der Waals surface area contributed by atoms with Crippen molar-refractivity contribution in [2.75, 3.05) is 13.7 Å². The molecule has 1 aliphatic heterocycles. The van der Waals surface area contributed by atoms with Crippen molar-refractivity contribution in [3.8, 4) is 5.75 Å². The standard InChI is InChI=1S/C23H29NO2/c1-26-21-4-2-3-15-10-20-18(11-19(15)21)12-24(23(20)25)22-16-6-13-5-14(8-16)9-17(22)7-13/h2-4,13-14,16-18,20,22H,5-12H2,1H3. The van der Waals surface area contributed by atoms with E-state index < -0.39 is 0 Å². The van der Waals surface area contributed by atoms with Crippen molar-refractivity contribution in [1.82, 2.24) is 4.90 Å². The van der Waals surface area contributed by atoms with Gasteiger partial charge < -0.3 is 9.64 Å². The maximum atomic E-state index is 13.4. The summed E-state index contributed by atoms with van der Waals surface area (Å²) < 4.78 is 5.61. The van der Waals surface area contributed by atoms with Crippen molar-refractivity contribution in [3.05, 3.63) is 29.3 Å². The lowest BCUT2D eigenvalue weighted by molar-refractivity contribution is -0.141. The lowest BCUT2D eigenvalue weighted by Crippen LogP contribution is -2.56. The first-order valence-corrected chi connectivity index (χ1v) is 10.7. The minimum atomic E-state index is 0.215. The second-order valence-electron chi connectivity index (χ2n) is 9.78. The number of methoxy groups -OCH3 is 1. The summed E-state index contributed by atoms with van der Waals surface area (Å²) in [4.78, 5) is 15.8. The Morgan fingerprint density at radius 3 is 2.38 bits per heavy atom. The first-order valence-electron chi connectivity index (χ1n) is 10.7. The van der Waals surface area contributed by atoms with Crippen LogP contribution >= 0.6 is 0 Å². The molecule has 2 unspecified atom stereocenters. The molecule has 26 heavy (non-hydrogen) atoms. The van der Waals surface area contributed by atoms with Crippen LogP contribution in [-0.4, -0.2) is 30.5 Å². The molecule has 1 aromatic rings. The number of hydrogen-bond donors (Lipinski definition) is 0. The van der Waals surface area contributed by atoms with Crippen LogP contribution in [0.3, 0.4) is 0 Å². The van der Waals surface area contributed by atoms with Gasteiger partial charge in [0.1, 0.15) is 5.75 Å². The molecule has 2 atom stereocenters. The lowest BCUT2D eigenvalue weighted by Gasteiger charge is -2.56. The van der Waals surface area contributed by atoms with Crippen LogP contribution < -0.4 is 4.74 Å². The second kappa shape index (κ2) is 5.50. The highest BCUT2D eigenvalue weighted by molar-refractivity contribution is 5.83. The van der Waals surface area contributed by atoms with Gasteiger partial charge in [-0.15, -0.1) is 0 Å². The largest absolute Gasteiger partial charge is 0.496 e. The molecule has 0 aromatic heterocycles. The topological polar surface area (TPSA) is 29.5 Å². The fraction of sp³-hybridized carbons (Fsp3) is 0.696. The first kappa shape index (κ1) is 15.5. The zero-order valence-electron chi connectivity index (χ0n) is 15.7. The number of rotatable bonds is 2. The highest BCUT2D eigenvalue weighted by Crippen LogP contribution is 2.56. The molecule has 7 rings (SSSR count). The number of ether oxygens (including phenoxy) is 1. The summed E-state index contributed by atoms with van der Waals surface area (Å²) in [6, 6.07) is 6.91. The number of amides is 1. The summed E-state index contributed by atoms with van der Waals surface area (Å²) in [5.74, 6) is 5.74. The fourth-order valence-corrected chi connectivity index (χ4v) is 7.74. The molecule has 5 aliphatic carbocycles.